The van der Waals surface area contributed by atoms with E-state index >= 15 is 0 Å². The molecule has 0 spiro atoms. The van der Waals surface area contributed by atoms with Crippen molar-refractivity contribution >= 4 is 28.5 Å². The second-order valence-electron chi connectivity index (χ2n) is 8.18. The van der Waals surface area contributed by atoms with Crippen LogP contribution in [0.1, 0.15) is 47.5 Å². The lowest BCUT2D eigenvalue weighted by Crippen LogP contribution is -2.49. The molecule has 3 aromatic rings. The lowest BCUT2D eigenvalue weighted by atomic mass is 10.1. The quantitative estimate of drug-likeness (QED) is 0.497. The molecule has 34 heavy (non-hydrogen) atoms. The molecule has 1 amide bonds. The van der Waals surface area contributed by atoms with Gasteiger partial charge in [0.1, 0.15) is 5.82 Å². The SMILES string of the molecule is CCCCn1nc(C(=O)N2CCN(c3ccc(C(=O)OCC)cn3)CC2)c2ccccc2c1=O. The number of unbranched alkanes of at least 4 members (excludes halogenated alkanes) is 1. The number of esters is 1. The molecule has 1 aliphatic rings. The Labute approximate surface area is 197 Å². The van der Waals surface area contributed by atoms with Crippen LogP contribution < -0.4 is 10.5 Å². The molecule has 1 aliphatic heterocycles. The van der Waals surface area contributed by atoms with Gasteiger partial charge in [-0.15, -0.1) is 0 Å². The van der Waals surface area contributed by atoms with Gasteiger partial charge >= 0.3 is 5.97 Å². The van der Waals surface area contributed by atoms with Gasteiger partial charge in [-0.3, -0.25) is 9.59 Å². The summed E-state index contributed by atoms with van der Waals surface area (Å²) in [4.78, 5) is 46.3. The van der Waals surface area contributed by atoms with Crippen molar-refractivity contribution in [2.45, 2.75) is 33.2 Å². The van der Waals surface area contributed by atoms with E-state index in [1.54, 1.807) is 42.2 Å². The monoisotopic (exact) mass is 463 g/mol. The summed E-state index contributed by atoms with van der Waals surface area (Å²) in [5, 5.41) is 5.58. The molecule has 1 aromatic carbocycles. The van der Waals surface area contributed by atoms with Crippen molar-refractivity contribution in [3.63, 3.8) is 0 Å². The van der Waals surface area contributed by atoms with Crippen molar-refractivity contribution < 1.29 is 14.3 Å². The first-order valence-electron chi connectivity index (χ1n) is 11.7. The number of ether oxygens (including phenoxy) is 1. The maximum atomic E-state index is 13.4. The van der Waals surface area contributed by atoms with Gasteiger partial charge in [0.2, 0.25) is 0 Å². The molecule has 178 valence electrons. The fraction of sp³-hybridized carbons (Fsp3) is 0.400. The van der Waals surface area contributed by atoms with Gasteiger partial charge in [-0.05, 0) is 31.5 Å². The number of pyridine rings is 1. The normalized spacial score (nSPS) is 13.8. The van der Waals surface area contributed by atoms with E-state index in [9.17, 15) is 14.4 Å². The van der Waals surface area contributed by atoms with Crippen molar-refractivity contribution in [1.82, 2.24) is 19.7 Å². The zero-order chi connectivity index (χ0) is 24.1. The van der Waals surface area contributed by atoms with Crippen molar-refractivity contribution in [1.29, 1.82) is 0 Å². The van der Waals surface area contributed by atoms with E-state index in [1.165, 1.54) is 10.9 Å². The summed E-state index contributed by atoms with van der Waals surface area (Å²) < 4.78 is 6.42. The van der Waals surface area contributed by atoms with Crippen LogP contribution in [0.2, 0.25) is 0 Å². The Morgan fingerprint density at radius 3 is 2.38 bits per heavy atom. The smallest absolute Gasteiger partial charge is 0.339 e. The Morgan fingerprint density at radius 2 is 1.74 bits per heavy atom. The maximum absolute atomic E-state index is 13.4. The summed E-state index contributed by atoms with van der Waals surface area (Å²) in [5.41, 5.74) is 0.565. The molecule has 4 rings (SSSR count). The van der Waals surface area contributed by atoms with Crippen LogP contribution in [0.5, 0.6) is 0 Å². The number of rotatable bonds is 7. The van der Waals surface area contributed by atoms with Gasteiger partial charge in [-0.1, -0.05) is 31.5 Å². The lowest BCUT2D eigenvalue weighted by molar-refractivity contribution is 0.0525. The second kappa shape index (κ2) is 10.5. The number of carbonyl (C=O) groups excluding carboxylic acids is 2. The third-order valence-electron chi connectivity index (χ3n) is 5.94. The number of nitrogens with zero attached hydrogens (tertiary/aromatic N) is 5. The van der Waals surface area contributed by atoms with E-state index in [0.717, 1.165) is 18.7 Å². The largest absolute Gasteiger partial charge is 0.462 e. The molecule has 0 atom stereocenters. The van der Waals surface area contributed by atoms with Crippen LogP contribution in [0, 0.1) is 0 Å². The van der Waals surface area contributed by atoms with E-state index in [-0.39, 0.29) is 11.5 Å². The molecule has 1 saturated heterocycles. The highest BCUT2D eigenvalue weighted by molar-refractivity contribution is 6.04. The number of anilines is 1. The van der Waals surface area contributed by atoms with E-state index in [1.807, 2.05) is 6.07 Å². The minimum Gasteiger partial charge on any atom is -0.462 e. The number of hydrogen-bond acceptors (Lipinski definition) is 7. The van der Waals surface area contributed by atoms with Crippen LogP contribution in [0.4, 0.5) is 5.82 Å². The number of piperazine rings is 1. The van der Waals surface area contributed by atoms with Crippen LogP contribution in [-0.2, 0) is 11.3 Å². The molecule has 3 heterocycles. The number of amides is 1. The molecule has 0 saturated carbocycles. The Hall–Kier alpha value is -3.75. The van der Waals surface area contributed by atoms with Gasteiger partial charge in [0.15, 0.2) is 5.69 Å². The summed E-state index contributed by atoms with van der Waals surface area (Å²) in [6.07, 6.45) is 3.26. The Morgan fingerprint density at radius 1 is 1.00 bits per heavy atom. The van der Waals surface area contributed by atoms with Gasteiger partial charge < -0.3 is 14.5 Å². The molecule has 9 nitrogen and oxygen atoms in total. The van der Waals surface area contributed by atoms with Gasteiger partial charge in [0.25, 0.3) is 11.5 Å². The molecule has 1 fully saturated rings. The zero-order valence-electron chi connectivity index (χ0n) is 19.6. The van der Waals surface area contributed by atoms with Crippen LogP contribution in [-0.4, -0.2) is 64.3 Å². The summed E-state index contributed by atoms with van der Waals surface area (Å²) in [6, 6.07) is 10.7. The van der Waals surface area contributed by atoms with Crippen LogP contribution in [0.25, 0.3) is 10.8 Å². The van der Waals surface area contributed by atoms with E-state index in [0.29, 0.717) is 61.4 Å². The van der Waals surface area contributed by atoms with Crippen molar-refractivity contribution in [2.24, 2.45) is 0 Å². The van der Waals surface area contributed by atoms with Gasteiger partial charge in [0.05, 0.1) is 17.6 Å². The number of aromatic nitrogens is 3. The molecule has 0 N–H and O–H groups in total. The number of aryl methyl sites for hydroxylation is 1. The molecular weight excluding hydrogens is 434 g/mol. The van der Waals surface area contributed by atoms with Crippen LogP contribution in [0.15, 0.2) is 47.4 Å². The van der Waals surface area contributed by atoms with Crippen molar-refractivity contribution in [2.75, 3.05) is 37.7 Å². The summed E-state index contributed by atoms with van der Waals surface area (Å²) >= 11 is 0. The first-order valence-corrected chi connectivity index (χ1v) is 11.7. The van der Waals surface area contributed by atoms with Gasteiger partial charge in [0, 0.05) is 44.3 Å². The second-order valence-corrected chi connectivity index (χ2v) is 8.18. The van der Waals surface area contributed by atoms with E-state index in [2.05, 4.69) is 21.9 Å². The first kappa shape index (κ1) is 23.4. The van der Waals surface area contributed by atoms with Crippen LogP contribution in [0.3, 0.4) is 0 Å². The number of fused-ring (bicyclic) bond motifs is 1. The summed E-state index contributed by atoms with van der Waals surface area (Å²) in [6.45, 7) is 6.83. The molecule has 0 radical (unpaired) electrons. The highest BCUT2D eigenvalue weighted by Gasteiger charge is 2.26. The summed E-state index contributed by atoms with van der Waals surface area (Å²) in [5.74, 6) is 0.181. The lowest BCUT2D eigenvalue weighted by Gasteiger charge is -2.35. The predicted octanol–water partition coefficient (Wildman–Crippen LogP) is 2.73. The Kier molecular flexibility index (Phi) is 7.20. The molecule has 9 heteroatoms. The molecule has 0 aliphatic carbocycles. The fourth-order valence-electron chi connectivity index (χ4n) is 4.05. The summed E-state index contributed by atoms with van der Waals surface area (Å²) in [7, 11) is 0. The number of carbonyl (C=O) groups is 2. The Bertz CT molecular complexity index is 1230. The van der Waals surface area contributed by atoms with Crippen molar-refractivity contribution in [3.05, 3.63) is 64.2 Å². The first-order chi connectivity index (χ1) is 16.5. The highest BCUT2D eigenvalue weighted by Crippen LogP contribution is 2.19. The average Bonchev–Trinajstić information content (AvgIpc) is 2.88. The molecule has 2 aromatic heterocycles. The minimum absolute atomic E-state index is 0.164. The van der Waals surface area contributed by atoms with E-state index < -0.39 is 5.97 Å². The highest BCUT2D eigenvalue weighted by atomic mass is 16.5. The topological polar surface area (TPSA) is 97.6 Å². The number of benzene rings is 1. The van der Waals surface area contributed by atoms with Gasteiger partial charge in [-0.2, -0.15) is 5.10 Å². The third kappa shape index (κ3) is 4.78. The predicted molar refractivity (Wildman–Crippen MR) is 129 cm³/mol. The fourth-order valence-corrected chi connectivity index (χ4v) is 4.05. The Balaban J connectivity index is 1.50. The maximum Gasteiger partial charge on any atom is 0.339 e. The van der Waals surface area contributed by atoms with Crippen molar-refractivity contribution in [3.8, 4) is 0 Å². The molecule has 0 unspecified atom stereocenters. The average molecular weight is 464 g/mol. The molecule has 0 bridgehead atoms. The third-order valence-corrected chi connectivity index (χ3v) is 5.94. The standard InChI is InChI=1S/C25H29N5O4/c1-3-5-12-30-23(31)20-9-7-6-8-19(20)22(27-30)24(32)29-15-13-28(14-16-29)21-11-10-18(17-26-21)25(33)34-4-2/h6-11,17H,3-5,12-16H2,1-2H3. The number of hydrogen-bond donors (Lipinski definition) is 0. The molecular formula is C25H29N5O4. The van der Waals surface area contributed by atoms with Crippen LogP contribution >= 0.6 is 0 Å². The zero-order valence-corrected chi connectivity index (χ0v) is 19.6. The van der Waals surface area contributed by atoms with E-state index in [4.69, 9.17) is 4.74 Å². The minimum atomic E-state index is -0.392. The van der Waals surface area contributed by atoms with Gasteiger partial charge in [-0.25, -0.2) is 14.5 Å².